The Hall–Kier alpha value is -3.05. The summed E-state index contributed by atoms with van der Waals surface area (Å²) in [5, 5.41) is 9.44. The number of rotatable bonds is 6. The second-order valence-corrected chi connectivity index (χ2v) is 10.1. The van der Waals surface area contributed by atoms with Crippen molar-refractivity contribution in [2.24, 2.45) is 5.92 Å². The van der Waals surface area contributed by atoms with Gasteiger partial charge in [0.25, 0.3) is 5.91 Å². The van der Waals surface area contributed by atoms with Crippen LogP contribution in [0.4, 0.5) is 0 Å². The molecule has 3 rings (SSSR count). The van der Waals surface area contributed by atoms with E-state index in [2.05, 4.69) is 20.5 Å². The number of hydrogen-bond acceptors (Lipinski definition) is 6. The molecule has 0 spiro atoms. The molecule has 1 aromatic carbocycles. The van der Waals surface area contributed by atoms with E-state index in [1.54, 1.807) is 42.9 Å². The maximum Gasteiger partial charge on any atom is 0.289 e. The summed E-state index contributed by atoms with van der Waals surface area (Å²) in [5.74, 6) is -2.60. The van der Waals surface area contributed by atoms with Crippen LogP contribution in [0.15, 0.2) is 47.6 Å². The van der Waals surface area contributed by atoms with Crippen molar-refractivity contribution in [3.05, 3.63) is 48.3 Å². The van der Waals surface area contributed by atoms with E-state index in [9.17, 15) is 22.8 Å². The molecule has 1 aliphatic heterocycles. The van der Waals surface area contributed by atoms with Crippen LogP contribution in [-0.4, -0.2) is 54.4 Å². The molecule has 0 saturated heterocycles. The zero-order valence-corrected chi connectivity index (χ0v) is 19.5. The molecular weight excluding hydrogens is 446 g/mol. The standard InChI is InChI=1S/C22H29N5O5S/c1-15(2)19(26-33(31,32)17-7-4-3-5-8-17)21(29)25-18-9-6-12-27-14-16(13-24-27)10-11-23-22(30)20(18)28/h3-5,7-8,13-15,18-19,26H,6,9-12H2,1-2H3,(H,23,30)(H,25,29). The molecule has 0 fully saturated rings. The van der Waals surface area contributed by atoms with Gasteiger partial charge in [-0.25, -0.2) is 8.42 Å². The number of fused-ring (bicyclic) bond motifs is 2. The summed E-state index contributed by atoms with van der Waals surface area (Å²) in [6.45, 7) is 4.18. The Balaban J connectivity index is 1.75. The number of benzene rings is 1. The molecule has 0 aliphatic carbocycles. The maximum atomic E-state index is 13.1. The van der Waals surface area contributed by atoms with E-state index in [1.807, 2.05) is 6.20 Å². The average Bonchev–Trinajstić information content (AvgIpc) is 3.23. The molecule has 2 amide bonds. The minimum atomic E-state index is -3.96. The SMILES string of the molecule is CC(C)C(NS(=O)(=O)c1ccccc1)C(=O)NC1CCCn2cc(cn2)CCNC(=O)C1=O. The van der Waals surface area contributed by atoms with Crippen molar-refractivity contribution in [2.75, 3.05) is 6.54 Å². The number of aryl methyl sites for hydroxylation is 1. The number of carbonyl (C=O) groups excluding carboxylic acids is 3. The number of aromatic nitrogens is 2. The van der Waals surface area contributed by atoms with Gasteiger partial charge in [-0.3, -0.25) is 19.1 Å². The highest BCUT2D eigenvalue weighted by Gasteiger charge is 2.33. The first-order valence-corrected chi connectivity index (χ1v) is 12.4. The highest BCUT2D eigenvalue weighted by Crippen LogP contribution is 2.13. The van der Waals surface area contributed by atoms with Crippen molar-refractivity contribution in [1.82, 2.24) is 25.1 Å². The van der Waals surface area contributed by atoms with E-state index in [4.69, 9.17) is 0 Å². The molecule has 2 aromatic rings. The highest BCUT2D eigenvalue weighted by atomic mass is 32.2. The van der Waals surface area contributed by atoms with Crippen molar-refractivity contribution in [3.63, 3.8) is 0 Å². The van der Waals surface area contributed by atoms with E-state index in [-0.39, 0.29) is 17.9 Å². The van der Waals surface area contributed by atoms with Crippen molar-refractivity contribution >= 4 is 27.6 Å². The first-order valence-electron chi connectivity index (χ1n) is 10.9. The van der Waals surface area contributed by atoms with E-state index in [0.29, 0.717) is 19.4 Å². The topological polar surface area (TPSA) is 139 Å². The molecule has 1 aliphatic rings. The van der Waals surface area contributed by atoms with Gasteiger partial charge in [0.2, 0.25) is 21.7 Å². The first kappa shape index (κ1) is 24.6. The molecule has 0 radical (unpaired) electrons. The predicted octanol–water partition coefficient (Wildman–Crippen LogP) is 0.393. The third kappa shape index (κ3) is 6.48. The number of carbonyl (C=O) groups is 3. The van der Waals surface area contributed by atoms with E-state index < -0.39 is 45.6 Å². The third-order valence-corrected chi connectivity index (χ3v) is 6.86. The zero-order valence-electron chi connectivity index (χ0n) is 18.7. The Labute approximate surface area is 193 Å². The summed E-state index contributed by atoms with van der Waals surface area (Å²) in [7, 11) is -3.96. The molecule has 2 atom stereocenters. The Morgan fingerprint density at radius 2 is 1.94 bits per heavy atom. The summed E-state index contributed by atoms with van der Waals surface area (Å²) < 4.78 is 29.7. The van der Waals surface area contributed by atoms with Gasteiger partial charge in [0, 0.05) is 19.3 Å². The van der Waals surface area contributed by atoms with Crippen molar-refractivity contribution in [3.8, 4) is 0 Å². The van der Waals surface area contributed by atoms with Crippen LogP contribution in [0.1, 0.15) is 32.3 Å². The van der Waals surface area contributed by atoms with Crippen LogP contribution in [0.3, 0.4) is 0 Å². The fraction of sp³-hybridized carbons (Fsp3) is 0.455. The fourth-order valence-electron chi connectivity index (χ4n) is 3.54. The van der Waals surface area contributed by atoms with Gasteiger partial charge < -0.3 is 10.6 Å². The quantitative estimate of drug-likeness (QED) is 0.517. The zero-order chi connectivity index (χ0) is 24.0. The minimum Gasteiger partial charge on any atom is -0.349 e. The van der Waals surface area contributed by atoms with Gasteiger partial charge >= 0.3 is 0 Å². The van der Waals surface area contributed by atoms with Crippen molar-refractivity contribution in [1.29, 1.82) is 0 Å². The molecule has 2 heterocycles. The lowest BCUT2D eigenvalue weighted by atomic mass is 10.0. The van der Waals surface area contributed by atoms with Gasteiger partial charge in [-0.1, -0.05) is 32.0 Å². The third-order valence-electron chi connectivity index (χ3n) is 5.41. The maximum absolute atomic E-state index is 13.1. The molecule has 1 aromatic heterocycles. The highest BCUT2D eigenvalue weighted by molar-refractivity contribution is 7.89. The van der Waals surface area contributed by atoms with E-state index >= 15 is 0 Å². The molecular formula is C22H29N5O5S. The largest absolute Gasteiger partial charge is 0.349 e. The molecule has 2 unspecified atom stereocenters. The predicted molar refractivity (Wildman–Crippen MR) is 121 cm³/mol. The molecule has 0 saturated carbocycles. The molecule has 178 valence electrons. The normalized spacial score (nSPS) is 18.7. The number of hydrogen-bond donors (Lipinski definition) is 3. The molecule has 33 heavy (non-hydrogen) atoms. The lowest BCUT2D eigenvalue weighted by Crippen LogP contribution is -2.55. The van der Waals surface area contributed by atoms with Crippen LogP contribution in [0.25, 0.3) is 0 Å². The number of nitrogens with zero attached hydrogens (tertiary/aromatic N) is 2. The summed E-state index contributed by atoms with van der Waals surface area (Å²) in [6, 6.07) is 5.53. The van der Waals surface area contributed by atoms with Crippen molar-refractivity contribution in [2.45, 2.75) is 56.6 Å². The number of amides is 2. The fourth-order valence-corrected chi connectivity index (χ4v) is 4.90. The summed E-state index contributed by atoms with van der Waals surface area (Å²) in [4.78, 5) is 38.2. The van der Waals surface area contributed by atoms with Gasteiger partial charge in [-0.05, 0) is 42.9 Å². The van der Waals surface area contributed by atoms with Crippen LogP contribution in [0.5, 0.6) is 0 Å². The average molecular weight is 476 g/mol. The van der Waals surface area contributed by atoms with Crippen LogP contribution >= 0.6 is 0 Å². The Kier molecular flexibility index (Phi) is 7.98. The molecule has 2 bridgehead atoms. The van der Waals surface area contributed by atoms with E-state index in [1.165, 1.54) is 12.1 Å². The van der Waals surface area contributed by atoms with E-state index in [0.717, 1.165) is 5.56 Å². The van der Waals surface area contributed by atoms with Crippen LogP contribution < -0.4 is 15.4 Å². The van der Waals surface area contributed by atoms with Crippen LogP contribution in [0.2, 0.25) is 0 Å². The van der Waals surface area contributed by atoms with Gasteiger partial charge in [0.15, 0.2) is 0 Å². The lowest BCUT2D eigenvalue weighted by molar-refractivity contribution is -0.140. The Bertz CT molecular complexity index is 1100. The Morgan fingerprint density at radius 3 is 2.64 bits per heavy atom. The number of Topliss-reactive ketones (excluding diaryl/α,β-unsaturated/α-hetero) is 1. The van der Waals surface area contributed by atoms with Crippen LogP contribution in [0, 0.1) is 5.92 Å². The molecule has 11 heteroatoms. The number of nitrogens with one attached hydrogen (secondary N) is 3. The first-order chi connectivity index (χ1) is 15.7. The van der Waals surface area contributed by atoms with Crippen molar-refractivity contribution < 1.29 is 22.8 Å². The second kappa shape index (κ2) is 10.7. The van der Waals surface area contributed by atoms with Gasteiger partial charge in [-0.2, -0.15) is 9.82 Å². The minimum absolute atomic E-state index is 0.0310. The summed E-state index contributed by atoms with van der Waals surface area (Å²) in [6.07, 6.45) is 4.84. The van der Waals surface area contributed by atoms with Gasteiger partial charge in [-0.15, -0.1) is 0 Å². The van der Waals surface area contributed by atoms with Gasteiger partial charge in [0.05, 0.1) is 17.1 Å². The second-order valence-electron chi connectivity index (χ2n) is 8.34. The summed E-state index contributed by atoms with van der Waals surface area (Å²) >= 11 is 0. The smallest absolute Gasteiger partial charge is 0.289 e. The van der Waals surface area contributed by atoms with Gasteiger partial charge in [0.1, 0.15) is 6.04 Å². The van der Waals surface area contributed by atoms with Crippen LogP contribution in [-0.2, 0) is 37.4 Å². The monoisotopic (exact) mass is 475 g/mol. The molecule has 3 N–H and O–H groups in total. The summed E-state index contributed by atoms with van der Waals surface area (Å²) in [5.41, 5.74) is 0.957. The number of sulfonamides is 1. The Morgan fingerprint density at radius 1 is 1.21 bits per heavy atom. The molecule has 10 nitrogen and oxygen atoms in total. The lowest BCUT2D eigenvalue weighted by Gasteiger charge is -2.25. The number of ketones is 1.